The Morgan fingerprint density at radius 1 is 1.44 bits per heavy atom. The average molecular weight is 250 g/mol. The van der Waals surface area contributed by atoms with E-state index in [2.05, 4.69) is 19.9 Å². The number of carbonyl (C=O) groups is 1. The first-order valence-corrected chi connectivity index (χ1v) is 6.76. The quantitative estimate of drug-likeness (QED) is 0.751. The van der Waals surface area contributed by atoms with Crippen molar-refractivity contribution in [2.75, 3.05) is 20.2 Å². The molecule has 1 saturated carbocycles. The van der Waals surface area contributed by atoms with Gasteiger partial charge in [0, 0.05) is 20.2 Å². The normalized spacial score (nSPS) is 39.9. The fourth-order valence-electron chi connectivity index (χ4n) is 3.27. The number of methoxy groups -OCH3 is 1. The third-order valence-corrected chi connectivity index (χ3v) is 4.50. The lowest BCUT2D eigenvalue weighted by Crippen LogP contribution is -2.55. The number of hydrogen-bond donors (Lipinski definition) is 0. The first kappa shape index (κ1) is 13.4. The van der Waals surface area contributed by atoms with Gasteiger partial charge in [-0.05, 0) is 31.1 Å². The molecule has 1 aliphatic heterocycles. The molecule has 0 N–H and O–H groups in total. The van der Waals surface area contributed by atoms with Gasteiger partial charge in [0.05, 0.1) is 12.2 Å². The Labute approximate surface area is 109 Å². The summed E-state index contributed by atoms with van der Waals surface area (Å²) in [6, 6.07) is 2.25. The molecule has 0 aromatic carbocycles. The van der Waals surface area contributed by atoms with Crippen LogP contribution in [0.5, 0.6) is 0 Å². The predicted molar refractivity (Wildman–Crippen MR) is 67.6 cm³/mol. The number of amides is 1. The molecule has 0 aromatic rings. The van der Waals surface area contributed by atoms with Crippen LogP contribution in [-0.4, -0.2) is 37.1 Å². The van der Waals surface area contributed by atoms with Crippen LogP contribution in [0.4, 0.5) is 0 Å². The first-order valence-electron chi connectivity index (χ1n) is 6.76. The number of nitriles is 1. The fraction of sp³-hybridized carbons (Fsp3) is 0.857. The van der Waals surface area contributed by atoms with Crippen LogP contribution in [0, 0.1) is 28.6 Å². The van der Waals surface area contributed by atoms with E-state index in [9.17, 15) is 10.1 Å². The molecule has 2 fully saturated rings. The molecule has 1 amide bonds. The zero-order valence-corrected chi connectivity index (χ0v) is 11.5. The number of carbonyl (C=O) groups excluding carboxylic acids is 1. The maximum atomic E-state index is 12.5. The summed E-state index contributed by atoms with van der Waals surface area (Å²) in [6.07, 6.45) is 2.50. The third-order valence-electron chi connectivity index (χ3n) is 4.50. The minimum absolute atomic E-state index is 0.0250. The molecule has 0 spiro atoms. The van der Waals surface area contributed by atoms with Crippen molar-refractivity contribution in [2.24, 2.45) is 17.3 Å². The third kappa shape index (κ3) is 2.12. The summed E-state index contributed by atoms with van der Waals surface area (Å²) in [6.45, 7) is 5.65. The predicted octanol–water partition coefficient (Wildman–Crippen LogP) is 1.81. The van der Waals surface area contributed by atoms with Crippen molar-refractivity contribution in [3.05, 3.63) is 0 Å². The number of piperidine rings is 1. The van der Waals surface area contributed by atoms with Gasteiger partial charge < -0.3 is 9.64 Å². The summed E-state index contributed by atoms with van der Waals surface area (Å²) in [5.41, 5.74) is -0.738. The van der Waals surface area contributed by atoms with Crippen molar-refractivity contribution >= 4 is 5.91 Å². The molecule has 100 valence electrons. The molecule has 1 aliphatic carbocycles. The van der Waals surface area contributed by atoms with Gasteiger partial charge in [-0.15, -0.1) is 0 Å². The van der Waals surface area contributed by atoms with Gasteiger partial charge in [0.25, 0.3) is 0 Å². The zero-order chi connectivity index (χ0) is 13.3. The van der Waals surface area contributed by atoms with Crippen molar-refractivity contribution < 1.29 is 9.53 Å². The maximum absolute atomic E-state index is 12.5. The average Bonchev–Trinajstić information content (AvgIpc) is 2.34. The SMILES string of the molecule is COC1CN(C(=O)C2(C#N)CC(C)C2)CCC1C. The summed E-state index contributed by atoms with van der Waals surface area (Å²) in [5.74, 6) is 1.00. The highest BCUT2D eigenvalue weighted by atomic mass is 16.5. The van der Waals surface area contributed by atoms with Crippen molar-refractivity contribution in [3.8, 4) is 6.07 Å². The molecule has 0 radical (unpaired) electrons. The second kappa shape index (κ2) is 4.89. The Hall–Kier alpha value is -1.08. The minimum atomic E-state index is -0.738. The van der Waals surface area contributed by atoms with Crippen molar-refractivity contribution in [2.45, 2.75) is 39.2 Å². The molecule has 2 atom stereocenters. The second-order valence-electron chi connectivity index (χ2n) is 6.00. The van der Waals surface area contributed by atoms with Crippen molar-refractivity contribution in [3.63, 3.8) is 0 Å². The summed E-state index contributed by atoms with van der Waals surface area (Å²) in [5, 5.41) is 9.30. The van der Waals surface area contributed by atoms with E-state index in [1.54, 1.807) is 7.11 Å². The van der Waals surface area contributed by atoms with E-state index in [0.717, 1.165) is 13.0 Å². The van der Waals surface area contributed by atoms with E-state index < -0.39 is 5.41 Å². The number of hydrogen-bond acceptors (Lipinski definition) is 3. The zero-order valence-electron chi connectivity index (χ0n) is 11.5. The van der Waals surface area contributed by atoms with Gasteiger partial charge in [0.2, 0.25) is 5.91 Å². The molecule has 0 bridgehead atoms. The van der Waals surface area contributed by atoms with Gasteiger partial charge in [-0.3, -0.25) is 4.79 Å². The summed E-state index contributed by atoms with van der Waals surface area (Å²) < 4.78 is 5.43. The van der Waals surface area contributed by atoms with Gasteiger partial charge in [0.1, 0.15) is 5.41 Å². The van der Waals surface area contributed by atoms with Crippen LogP contribution in [0.15, 0.2) is 0 Å². The summed E-state index contributed by atoms with van der Waals surface area (Å²) >= 11 is 0. The number of nitrogens with zero attached hydrogens (tertiary/aromatic N) is 2. The highest BCUT2D eigenvalue weighted by Crippen LogP contribution is 2.46. The van der Waals surface area contributed by atoms with Gasteiger partial charge in [-0.2, -0.15) is 5.26 Å². The van der Waals surface area contributed by atoms with Crippen LogP contribution in [0.2, 0.25) is 0 Å². The van der Waals surface area contributed by atoms with Gasteiger partial charge in [-0.1, -0.05) is 13.8 Å². The molecule has 0 aromatic heterocycles. The van der Waals surface area contributed by atoms with Gasteiger partial charge in [0.15, 0.2) is 0 Å². The van der Waals surface area contributed by atoms with Crippen LogP contribution >= 0.6 is 0 Å². The van der Waals surface area contributed by atoms with Crippen LogP contribution in [0.1, 0.15) is 33.1 Å². The molecule has 1 heterocycles. The highest BCUT2D eigenvalue weighted by Gasteiger charge is 2.51. The Bertz CT molecular complexity index is 368. The van der Waals surface area contributed by atoms with E-state index in [4.69, 9.17) is 4.74 Å². The topological polar surface area (TPSA) is 53.3 Å². The van der Waals surface area contributed by atoms with E-state index in [-0.39, 0.29) is 12.0 Å². The molecule has 18 heavy (non-hydrogen) atoms. The smallest absolute Gasteiger partial charge is 0.243 e. The number of likely N-dealkylation sites (tertiary alicyclic amines) is 1. The molecular formula is C14H22N2O2. The monoisotopic (exact) mass is 250 g/mol. The first-order chi connectivity index (χ1) is 8.52. The molecule has 4 nitrogen and oxygen atoms in total. The lowest BCUT2D eigenvalue weighted by molar-refractivity contribution is -0.150. The number of rotatable bonds is 2. The summed E-state index contributed by atoms with van der Waals surface area (Å²) in [7, 11) is 1.70. The van der Waals surface area contributed by atoms with E-state index >= 15 is 0 Å². The molecule has 4 heteroatoms. The molecular weight excluding hydrogens is 228 g/mol. The molecule has 2 unspecified atom stereocenters. The standard InChI is InChI=1S/C14H22N2O2/c1-10-6-14(7-10,9-15)13(17)16-5-4-11(2)12(8-16)18-3/h10-12H,4-8H2,1-3H3. The van der Waals surface area contributed by atoms with E-state index in [0.29, 0.717) is 31.2 Å². The maximum Gasteiger partial charge on any atom is 0.243 e. The highest BCUT2D eigenvalue weighted by molar-refractivity contribution is 5.86. The van der Waals surface area contributed by atoms with Crippen LogP contribution in [-0.2, 0) is 9.53 Å². The Morgan fingerprint density at radius 3 is 2.61 bits per heavy atom. The second-order valence-corrected chi connectivity index (χ2v) is 6.00. The number of ether oxygens (including phenoxy) is 1. The lowest BCUT2D eigenvalue weighted by atomic mass is 9.62. The van der Waals surface area contributed by atoms with Crippen LogP contribution < -0.4 is 0 Å². The van der Waals surface area contributed by atoms with Gasteiger partial charge >= 0.3 is 0 Å². The van der Waals surface area contributed by atoms with E-state index in [1.807, 2.05) is 4.90 Å². The van der Waals surface area contributed by atoms with Crippen molar-refractivity contribution in [1.29, 1.82) is 5.26 Å². The van der Waals surface area contributed by atoms with Crippen molar-refractivity contribution in [1.82, 2.24) is 4.90 Å². The van der Waals surface area contributed by atoms with Crippen LogP contribution in [0.3, 0.4) is 0 Å². The Balaban J connectivity index is 2.04. The summed E-state index contributed by atoms with van der Waals surface area (Å²) in [4.78, 5) is 14.3. The molecule has 2 rings (SSSR count). The fourth-order valence-corrected chi connectivity index (χ4v) is 3.27. The molecule has 1 saturated heterocycles. The van der Waals surface area contributed by atoms with Gasteiger partial charge in [-0.25, -0.2) is 0 Å². The largest absolute Gasteiger partial charge is 0.379 e. The Morgan fingerprint density at radius 2 is 2.11 bits per heavy atom. The van der Waals surface area contributed by atoms with Crippen LogP contribution in [0.25, 0.3) is 0 Å². The van der Waals surface area contributed by atoms with E-state index in [1.165, 1.54) is 0 Å². The Kier molecular flexibility index (Phi) is 3.63. The lowest BCUT2D eigenvalue weighted by Gasteiger charge is -2.45. The minimum Gasteiger partial charge on any atom is -0.379 e. The molecule has 2 aliphatic rings.